The van der Waals surface area contributed by atoms with Gasteiger partial charge in [0, 0.05) is 6.54 Å². The van der Waals surface area contributed by atoms with Crippen molar-refractivity contribution in [2.75, 3.05) is 11.9 Å². The molecule has 1 unspecified atom stereocenters. The van der Waals surface area contributed by atoms with Crippen molar-refractivity contribution in [2.45, 2.75) is 13.0 Å². The van der Waals surface area contributed by atoms with Gasteiger partial charge in [-0.1, -0.05) is 48.5 Å². The van der Waals surface area contributed by atoms with Crippen molar-refractivity contribution in [2.24, 2.45) is 0 Å². The molecule has 1 aromatic heterocycles. The summed E-state index contributed by atoms with van der Waals surface area (Å²) in [7, 11) is 0. The summed E-state index contributed by atoms with van der Waals surface area (Å²) in [4.78, 5) is 9.17. The van der Waals surface area contributed by atoms with E-state index in [4.69, 9.17) is 0 Å². The summed E-state index contributed by atoms with van der Waals surface area (Å²) in [5.74, 6) is 0.707. The van der Waals surface area contributed by atoms with Crippen LogP contribution in [0.15, 0.2) is 66.7 Å². The second kappa shape index (κ2) is 6.49. The van der Waals surface area contributed by atoms with Gasteiger partial charge in [-0.2, -0.15) is 0 Å². The minimum Gasteiger partial charge on any atom is -0.387 e. The number of aliphatic hydroxyl groups excluding tert-OH is 1. The van der Waals surface area contributed by atoms with Gasteiger partial charge in [-0.3, -0.25) is 0 Å². The fourth-order valence-electron chi connectivity index (χ4n) is 2.98. The molecule has 25 heavy (non-hydrogen) atoms. The number of nitrogens with zero attached hydrogens (tertiary/aromatic N) is 2. The quantitative estimate of drug-likeness (QED) is 0.588. The molecule has 4 nitrogen and oxygen atoms in total. The lowest BCUT2D eigenvalue weighted by Gasteiger charge is -2.15. The number of fused-ring (bicyclic) bond motifs is 2. The van der Waals surface area contributed by atoms with Crippen molar-refractivity contribution in [3.63, 3.8) is 0 Å². The third-order valence-electron chi connectivity index (χ3n) is 4.37. The van der Waals surface area contributed by atoms with Crippen LogP contribution in [0.4, 0.5) is 5.82 Å². The van der Waals surface area contributed by atoms with Crippen molar-refractivity contribution in [1.29, 1.82) is 0 Å². The van der Waals surface area contributed by atoms with Gasteiger partial charge >= 0.3 is 0 Å². The van der Waals surface area contributed by atoms with Gasteiger partial charge < -0.3 is 10.4 Å². The number of nitrogens with one attached hydrogen (secondary N) is 1. The Morgan fingerprint density at radius 1 is 0.880 bits per heavy atom. The summed E-state index contributed by atoms with van der Waals surface area (Å²) < 4.78 is 0. The Morgan fingerprint density at radius 3 is 2.36 bits per heavy atom. The van der Waals surface area contributed by atoms with Gasteiger partial charge in [-0.15, -0.1) is 0 Å². The number of hydrogen-bond donors (Lipinski definition) is 2. The SMILES string of the molecule is Cc1nc2ccccc2nc1NCC(O)c1ccc2ccccc2c1. The minimum atomic E-state index is -0.614. The van der Waals surface area contributed by atoms with Crippen molar-refractivity contribution < 1.29 is 5.11 Å². The molecule has 1 atom stereocenters. The van der Waals surface area contributed by atoms with Crippen molar-refractivity contribution >= 4 is 27.6 Å². The zero-order chi connectivity index (χ0) is 17.2. The molecule has 0 saturated heterocycles. The molecule has 1 heterocycles. The maximum absolute atomic E-state index is 10.5. The molecule has 2 N–H and O–H groups in total. The third-order valence-corrected chi connectivity index (χ3v) is 4.37. The molecule has 0 bridgehead atoms. The fraction of sp³-hybridized carbons (Fsp3) is 0.143. The number of aryl methyl sites for hydroxylation is 1. The van der Waals surface area contributed by atoms with Crippen molar-refractivity contribution in [1.82, 2.24) is 9.97 Å². The second-order valence-electron chi connectivity index (χ2n) is 6.15. The smallest absolute Gasteiger partial charge is 0.148 e. The highest BCUT2D eigenvalue weighted by atomic mass is 16.3. The highest BCUT2D eigenvalue weighted by molar-refractivity contribution is 5.83. The highest BCUT2D eigenvalue weighted by Gasteiger charge is 2.10. The molecule has 0 amide bonds. The molecule has 4 aromatic rings. The summed E-state index contributed by atoms with van der Waals surface area (Å²) in [6.45, 7) is 2.30. The van der Waals surface area contributed by atoms with E-state index in [0.29, 0.717) is 12.4 Å². The van der Waals surface area contributed by atoms with Crippen LogP contribution < -0.4 is 5.32 Å². The molecule has 0 radical (unpaired) electrons. The number of aliphatic hydroxyl groups is 1. The van der Waals surface area contributed by atoms with E-state index in [1.807, 2.05) is 61.5 Å². The number of para-hydroxylation sites is 2. The largest absolute Gasteiger partial charge is 0.387 e. The van der Waals surface area contributed by atoms with Gasteiger partial charge in [-0.05, 0) is 41.5 Å². The van der Waals surface area contributed by atoms with Crippen LogP contribution >= 0.6 is 0 Å². The first kappa shape index (κ1) is 15.5. The van der Waals surface area contributed by atoms with Gasteiger partial charge in [0.25, 0.3) is 0 Å². The lowest BCUT2D eigenvalue weighted by molar-refractivity contribution is 0.191. The van der Waals surface area contributed by atoms with E-state index in [1.165, 1.54) is 5.39 Å². The van der Waals surface area contributed by atoms with Crippen LogP contribution in [-0.4, -0.2) is 21.6 Å². The summed E-state index contributed by atoms with van der Waals surface area (Å²) in [6, 6.07) is 22.0. The summed E-state index contributed by atoms with van der Waals surface area (Å²) in [5, 5.41) is 16.1. The van der Waals surface area contributed by atoms with Crippen molar-refractivity contribution in [3.8, 4) is 0 Å². The predicted molar refractivity (Wildman–Crippen MR) is 102 cm³/mol. The van der Waals surface area contributed by atoms with E-state index in [-0.39, 0.29) is 0 Å². The molecule has 0 aliphatic rings. The first-order valence-corrected chi connectivity index (χ1v) is 8.35. The van der Waals surface area contributed by atoms with Crippen molar-refractivity contribution in [3.05, 3.63) is 78.0 Å². The lowest BCUT2D eigenvalue weighted by Crippen LogP contribution is -2.14. The maximum Gasteiger partial charge on any atom is 0.148 e. The number of hydrogen-bond acceptors (Lipinski definition) is 4. The predicted octanol–water partition coefficient (Wildman–Crippen LogP) is 4.24. The Morgan fingerprint density at radius 2 is 1.56 bits per heavy atom. The Bertz CT molecular complexity index is 1050. The van der Waals surface area contributed by atoms with E-state index >= 15 is 0 Å². The molecular formula is C21H19N3O. The summed E-state index contributed by atoms with van der Waals surface area (Å²) >= 11 is 0. The molecule has 4 rings (SSSR count). The van der Waals surface area contributed by atoms with Crippen LogP contribution in [0, 0.1) is 6.92 Å². The third kappa shape index (κ3) is 3.16. The van der Waals surface area contributed by atoms with E-state index < -0.39 is 6.10 Å². The zero-order valence-corrected chi connectivity index (χ0v) is 14.0. The Balaban J connectivity index is 1.54. The van der Waals surface area contributed by atoms with Gasteiger partial charge in [0.2, 0.25) is 0 Å². The van der Waals surface area contributed by atoms with Crippen LogP contribution in [0.5, 0.6) is 0 Å². The number of aromatic nitrogens is 2. The average molecular weight is 329 g/mol. The van der Waals surface area contributed by atoms with Gasteiger partial charge in [0.1, 0.15) is 5.82 Å². The summed E-state index contributed by atoms with van der Waals surface area (Å²) in [5.41, 5.74) is 3.43. The molecule has 124 valence electrons. The van der Waals surface area contributed by atoms with Gasteiger partial charge in [0.15, 0.2) is 0 Å². The number of benzene rings is 3. The molecule has 0 aliphatic heterocycles. The van der Waals surface area contributed by atoms with Crippen LogP contribution in [0.2, 0.25) is 0 Å². The van der Waals surface area contributed by atoms with Gasteiger partial charge in [0.05, 0.1) is 22.8 Å². The van der Waals surface area contributed by atoms with E-state index in [9.17, 15) is 5.11 Å². The molecule has 0 saturated carbocycles. The van der Waals surface area contributed by atoms with Crippen LogP contribution in [0.25, 0.3) is 21.8 Å². The molecular weight excluding hydrogens is 310 g/mol. The first-order valence-electron chi connectivity index (χ1n) is 8.35. The van der Waals surface area contributed by atoms with Crippen LogP contribution in [0.3, 0.4) is 0 Å². The Labute approximate surface area is 146 Å². The van der Waals surface area contributed by atoms with Gasteiger partial charge in [-0.25, -0.2) is 9.97 Å². The second-order valence-corrected chi connectivity index (χ2v) is 6.15. The molecule has 0 spiro atoms. The number of anilines is 1. The van der Waals surface area contributed by atoms with Crippen LogP contribution in [-0.2, 0) is 0 Å². The standard InChI is InChI=1S/C21H19N3O/c1-14-21(24-19-9-5-4-8-18(19)23-14)22-13-20(25)17-11-10-15-6-2-3-7-16(15)12-17/h2-12,20,25H,13H2,1H3,(H,22,24). The highest BCUT2D eigenvalue weighted by Crippen LogP contribution is 2.22. The molecule has 4 heteroatoms. The normalized spacial score (nSPS) is 12.4. The minimum absolute atomic E-state index is 0.381. The fourth-order valence-corrected chi connectivity index (χ4v) is 2.98. The zero-order valence-electron chi connectivity index (χ0n) is 14.0. The van der Waals surface area contributed by atoms with E-state index in [0.717, 1.165) is 27.7 Å². The van der Waals surface area contributed by atoms with E-state index in [1.54, 1.807) is 0 Å². The number of rotatable bonds is 4. The molecule has 0 aliphatic carbocycles. The Kier molecular flexibility index (Phi) is 4.04. The molecule has 0 fully saturated rings. The average Bonchev–Trinajstić information content (AvgIpc) is 2.65. The lowest BCUT2D eigenvalue weighted by atomic mass is 10.0. The monoisotopic (exact) mass is 329 g/mol. The first-order chi connectivity index (χ1) is 12.2. The van der Waals surface area contributed by atoms with E-state index in [2.05, 4.69) is 27.4 Å². The molecule has 3 aromatic carbocycles. The summed E-state index contributed by atoms with van der Waals surface area (Å²) in [6.07, 6.45) is -0.614. The Hall–Kier alpha value is -2.98. The topological polar surface area (TPSA) is 58.0 Å². The van der Waals surface area contributed by atoms with Crippen LogP contribution in [0.1, 0.15) is 17.4 Å². The maximum atomic E-state index is 10.5.